The van der Waals surface area contributed by atoms with Crippen molar-refractivity contribution in [1.29, 1.82) is 10.5 Å². The summed E-state index contributed by atoms with van der Waals surface area (Å²) in [6.07, 6.45) is 6.86. The van der Waals surface area contributed by atoms with Gasteiger partial charge in [0.05, 0.1) is 12.2 Å². The molecule has 1 saturated heterocycles. The van der Waals surface area contributed by atoms with Gasteiger partial charge in [-0.2, -0.15) is 10.5 Å². The van der Waals surface area contributed by atoms with Gasteiger partial charge in [0, 0.05) is 31.5 Å². The minimum absolute atomic E-state index is 0.489. The molecule has 2 aromatic heterocycles. The van der Waals surface area contributed by atoms with E-state index in [0.29, 0.717) is 35.0 Å². The molecule has 3 rings (SSSR count). The van der Waals surface area contributed by atoms with Crippen LogP contribution in [0.2, 0.25) is 0 Å². The third kappa shape index (κ3) is 4.47. The van der Waals surface area contributed by atoms with Gasteiger partial charge in [-0.05, 0) is 43.9 Å². The molecular weight excluding hydrogens is 350 g/mol. The van der Waals surface area contributed by atoms with Crippen LogP contribution in [0.25, 0.3) is 0 Å². The lowest BCUT2D eigenvalue weighted by Gasteiger charge is -2.30. The molecule has 2 aromatic rings. The summed E-state index contributed by atoms with van der Waals surface area (Å²) in [4.78, 5) is 10.7. The van der Waals surface area contributed by atoms with Crippen LogP contribution in [0.5, 0.6) is 5.75 Å². The Labute approximate surface area is 164 Å². The van der Waals surface area contributed by atoms with E-state index in [0.717, 1.165) is 25.9 Å². The number of piperidine rings is 1. The molecule has 0 radical (unpaired) electrons. The Morgan fingerprint density at radius 3 is 2.61 bits per heavy atom. The van der Waals surface area contributed by atoms with E-state index in [1.54, 1.807) is 24.4 Å². The number of aromatic nitrogens is 2. The lowest BCUT2D eigenvalue weighted by molar-refractivity contribution is 0.339. The fraction of sp³-hybridized carbons (Fsp3) is 0.273. The van der Waals surface area contributed by atoms with Gasteiger partial charge in [-0.25, -0.2) is 9.97 Å². The van der Waals surface area contributed by atoms with Crippen molar-refractivity contribution in [2.45, 2.75) is 19.8 Å². The van der Waals surface area contributed by atoms with E-state index in [1.807, 2.05) is 19.1 Å². The van der Waals surface area contributed by atoms with Crippen molar-refractivity contribution < 1.29 is 4.74 Å². The van der Waals surface area contributed by atoms with E-state index >= 15 is 0 Å². The van der Waals surface area contributed by atoms with Crippen LogP contribution in [-0.2, 0) is 0 Å². The molecule has 0 atom stereocenters. The summed E-state index contributed by atoms with van der Waals surface area (Å²) in [6.45, 7) is 3.96. The first-order valence-electron chi connectivity index (χ1n) is 9.07. The third-order valence-corrected chi connectivity index (χ3v) is 4.38. The van der Waals surface area contributed by atoms with E-state index in [9.17, 15) is 5.26 Å². The van der Waals surface area contributed by atoms with Gasteiger partial charge < -0.3 is 9.64 Å². The van der Waals surface area contributed by atoms with Crippen LogP contribution in [0.15, 0.2) is 42.2 Å². The minimum Gasteiger partial charge on any atom is -0.492 e. The Morgan fingerprint density at radius 1 is 1.14 bits per heavy atom. The standard InChI is InChI=1S/C22H19N5O/c1-2-28-21-8-11-25-22(20(21)15-24)27-12-9-17(10-13-27)4-3-5-19-7-6-18(14-23)16-26-19/h4,6-8,11,16H,2,9-10,12-13H2,1H3. The molecule has 6 nitrogen and oxygen atoms in total. The highest BCUT2D eigenvalue weighted by atomic mass is 16.5. The van der Waals surface area contributed by atoms with Gasteiger partial charge in [-0.3, -0.25) is 0 Å². The lowest BCUT2D eigenvalue weighted by Crippen LogP contribution is -2.32. The van der Waals surface area contributed by atoms with Gasteiger partial charge >= 0.3 is 0 Å². The summed E-state index contributed by atoms with van der Waals surface area (Å²) in [5, 5.41) is 18.3. The van der Waals surface area contributed by atoms with E-state index in [2.05, 4.69) is 32.8 Å². The first-order valence-corrected chi connectivity index (χ1v) is 9.07. The maximum Gasteiger partial charge on any atom is 0.150 e. The maximum atomic E-state index is 9.52. The second kappa shape index (κ2) is 9.21. The topological polar surface area (TPSA) is 85.8 Å². The molecular formula is C22H19N5O. The van der Waals surface area contributed by atoms with Crippen molar-refractivity contribution in [3.8, 4) is 29.7 Å². The van der Waals surface area contributed by atoms with Crippen molar-refractivity contribution in [2.24, 2.45) is 0 Å². The maximum absolute atomic E-state index is 9.52. The molecule has 1 aliphatic rings. The zero-order chi connectivity index (χ0) is 19.8. The number of rotatable bonds is 3. The molecule has 0 unspecified atom stereocenters. The smallest absolute Gasteiger partial charge is 0.150 e. The molecule has 0 amide bonds. The van der Waals surface area contributed by atoms with E-state index in [1.165, 1.54) is 11.8 Å². The number of allylic oxidation sites excluding steroid dienone is 1. The zero-order valence-corrected chi connectivity index (χ0v) is 15.6. The highest BCUT2D eigenvalue weighted by molar-refractivity contribution is 5.61. The number of pyridine rings is 2. The number of nitriles is 2. The van der Waals surface area contributed by atoms with Crippen LogP contribution in [0.4, 0.5) is 5.82 Å². The second-order valence-corrected chi connectivity index (χ2v) is 6.16. The minimum atomic E-state index is 0.489. The highest BCUT2D eigenvalue weighted by Gasteiger charge is 2.20. The van der Waals surface area contributed by atoms with Crippen molar-refractivity contribution in [1.82, 2.24) is 9.97 Å². The van der Waals surface area contributed by atoms with Crippen molar-refractivity contribution in [2.75, 3.05) is 24.6 Å². The molecule has 138 valence electrons. The van der Waals surface area contributed by atoms with Crippen LogP contribution >= 0.6 is 0 Å². The molecule has 28 heavy (non-hydrogen) atoms. The SMILES string of the molecule is CCOc1ccnc(N2CCC(=CC#Cc3ccc(C#N)cn3)CC2)c1C#N. The fourth-order valence-electron chi connectivity index (χ4n) is 2.95. The Hall–Kier alpha value is -3.82. The van der Waals surface area contributed by atoms with Crippen molar-refractivity contribution in [3.63, 3.8) is 0 Å². The Morgan fingerprint density at radius 2 is 1.96 bits per heavy atom. The molecule has 6 heteroatoms. The summed E-state index contributed by atoms with van der Waals surface area (Å²) in [5.74, 6) is 7.30. The molecule has 0 aliphatic carbocycles. The predicted molar refractivity (Wildman–Crippen MR) is 105 cm³/mol. The second-order valence-electron chi connectivity index (χ2n) is 6.16. The Balaban J connectivity index is 1.66. The largest absolute Gasteiger partial charge is 0.492 e. The molecule has 1 fully saturated rings. The van der Waals surface area contributed by atoms with Gasteiger partial charge in [0.1, 0.15) is 35.0 Å². The fourth-order valence-corrected chi connectivity index (χ4v) is 2.95. The van der Waals surface area contributed by atoms with Crippen molar-refractivity contribution >= 4 is 5.82 Å². The molecule has 0 spiro atoms. The van der Waals surface area contributed by atoms with Gasteiger partial charge in [0.2, 0.25) is 0 Å². The normalized spacial score (nSPS) is 13.0. The third-order valence-electron chi connectivity index (χ3n) is 4.38. The van der Waals surface area contributed by atoms with Crippen LogP contribution < -0.4 is 9.64 Å². The molecule has 0 bridgehead atoms. The first-order chi connectivity index (χ1) is 13.7. The number of hydrogen-bond acceptors (Lipinski definition) is 6. The molecule has 3 heterocycles. The van der Waals surface area contributed by atoms with Crippen LogP contribution in [0, 0.1) is 34.5 Å². The van der Waals surface area contributed by atoms with Gasteiger partial charge in [0.25, 0.3) is 0 Å². The van der Waals surface area contributed by atoms with Gasteiger partial charge in [-0.1, -0.05) is 11.5 Å². The zero-order valence-electron chi connectivity index (χ0n) is 15.6. The Kier molecular flexibility index (Phi) is 6.24. The van der Waals surface area contributed by atoms with E-state index < -0.39 is 0 Å². The first kappa shape index (κ1) is 19.0. The Bertz CT molecular complexity index is 1010. The monoisotopic (exact) mass is 369 g/mol. The highest BCUT2D eigenvalue weighted by Crippen LogP contribution is 2.29. The van der Waals surface area contributed by atoms with Gasteiger partial charge in [0.15, 0.2) is 0 Å². The number of ether oxygens (including phenoxy) is 1. The summed E-state index contributed by atoms with van der Waals surface area (Å²) in [5.41, 5.74) is 2.92. The lowest BCUT2D eigenvalue weighted by atomic mass is 10.0. The number of anilines is 1. The summed E-state index contributed by atoms with van der Waals surface area (Å²) >= 11 is 0. The summed E-state index contributed by atoms with van der Waals surface area (Å²) < 4.78 is 5.55. The number of hydrogen-bond donors (Lipinski definition) is 0. The molecule has 1 aliphatic heterocycles. The van der Waals surface area contributed by atoms with Crippen LogP contribution in [-0.4, -0.2) is 29.7 Å². The summed E-state index contributed by atoms with van der Waals surface area (Å²) in [7, 11) is 0. The summed E-state index contributed by atoms with van der Waals surface area (Å²) in [6, 6.07) is 9.44. The van der Waals surface area contributed by atoms with Crippen LogP contribution in [0.1, 0.15) is 36.6 Å². The molecule has 0 N–H and O–H groups in total. The van der Waals surface area contributed by atoms with E-state index in [4.69, 9.17) is 10.00 Å². The van der Waals surface area contributed by atoms with Crippen LogP contribution in [0.3, 0.4) is 0 Å². The molecule has 0 aromatic carbocycles. The quantitative estimate of drug-likeness (QED) is 0.772. The number of nitrogens with zero attached hydrogens (tertiary/aromatic N) is 5. The average Bonchev–Trinajstić information content (AvgIpc) is 2.75. The average molecular weight is 369 g/mol. The predicted octanol–water partition coefficient (Wildman–Crippen LogP) is 3.20. The van der Waals surface area contributed by atoms with Gasteiger partial charge in [-0.15, -0.1) is 0 Å². The molecule has 0 saturated carbocycles. The van der Waals surface area contributed by atoms with Crippen molar-refractivity contribution in [3.05, 3.63) is 59.1 Å². The van der Waals surface area contributed by atoms with E-state index in [-0.39, 0.29) is 0 Å².